The van der Waals surface area contributed by atoms with Gasteiger partial charge in [-0.1, -0.05) is 6.08 Å². The fourth-order valence-corrected chi connectivity index (χ4v) is 0.589. The van der Waals surface area contributed by atoms with Crippen molar-refractivity contribution in [2.24, 2.45) is 0 Å². The summed E-state index contributed by atoms with van der Waals surface area (Å²) in [7, 11) is 0. The first-order valence-electron chi connectivity index (χ1n) is 3.48. The molecule has 0 unspecified atom stereocenters. The Morgan fingerprint density at radius 3 is 1.67 bits per heavy atom. The highest BCUT2D eigenvalue weighted by atomic mass is 19.4. The maximum Gasteiger partial charge on any atom is 0.460 e. The Hall–Kier alpha value is -1.08. The van der Waals surface area contributed by atoms with E-state index in [0.29, 0.717) is 6.08 Å². The number of ketones is 1. The van der Waals surface area contributed by atoms with E-state index in [0.717, 1.165) is 6.92 Å². The SMILES string of the molecule is C/C=C/C(=O)C(F)(F)C(F)(F)C(F)(F)F. The summed E-state index contributed by atoms with van der Waals surface area (Å²) in [5.74, 6) is -14.8. The van der Waals surface area contributed by atoms with Gasteiger partial charge in [0, 0.05) is 0 Å². The molecule has 0 aliphatic rings. The van der Waals surface area contributed by atoms with Crippen molar-refractivity contribution in [2.75, 3.05) is 0 Å². The molecule has 0 heterocycles. The molecule has 0 N–H and O–H groups in total. The summed E-state index contributed by atoms with van der Waals surface area (Å²) in [5.41, 5.74) is 0. The number of alkyl halides is 7. The van der Waals surface area contributed by atoms with Crippen LogP contribution in [0.4, 0.5) is 30.7 Å². The first-order chi connectivity index (χ1) is 6.48. The Kier molecular flexibility index (Phi) is 3.55. The van der Waals surface area contributed by atoms with Crippen LogP contribution in [0.3, 0.4) is 0 Å². The minimum atomic E-state index is -6.48. The molecule has 0 bridgehead atoms. The summed E-state index contributed by atoms with van der Waals surface area (Å²) in [6.45, 7) is 1.03. The zero-order chi connectivity index (χ0) is 12.5. The second-order valence-electron chi connectivity index (χ2n) is 2.51. The van der Waals surface area contributed by atoms with E-state index in [1.165, 1.54) is 0 Å². The van der Waals surface area contributed by atoms with Crippen molar-refractivity contribution in [3.8, 4) is 0 Å². The average Bonchev–Trinajstić information content (AvgIpc) is 2.02. The summed E-state index contributed by atoms with van der Waals surface area (Å²) in [6.07, 6.45) is -5.88. The zero-order valence-corrected chi connectivity index (χ0v) is 7.21. The van der Waals surface area contributed by atoms with Crippen LogP contribution in [0.15, 0.2) is 12.2 Å². The maximum atomic E-state index is 12.4. The van der Waals surface area contributed by atoms with Gasteiger partial charge in [-0.2, -0.15) is 30.7 Å². The van der Waals surface area contributed by atoms with Crippen molar-refractivity contribution < 1.29 is 35.5 Å². The minimum Gasteiger partial charge on any atom is -0.288 e. The van der Waals surface area contributed by atoms with Crippen molar-refractivity contribution in [1.29, 1.82) is 0 Å². The van der Waals surface area contributed by atoms with E-state index in [1.54, 1.807) is 0 Å². The number of allylic oxidation sites excluding steroid dienone is 2. The smallest absolute Gasteiger partial charge is 0.288 e. The molecule has 0 aliphatic carbocycles. The van der Waals surface area contributed by atoms with E-state index < -0.39 is 23.8 Å². The lowest BCUT2D eigenvalue weighted by Gasteiger charge is -2.25. The van der Waals surface area contributed by atoms with Gasteiger partial charge >= 0.3 is 18.0 Å². The van der Waals surface area contributed by atoms with Gasteiger partial charge < -0.3 is 0 Å². The third-order valence-corrected chi connectivity index (χ3v) is 1.38. The molecule has 0 aromatic rings. The van der Waals surface area contributed by atoms with Crippen molar-refractivity contribution in [1.82, 2.24) is 0 Å². The van der Waals surface area contributed by atoms with E-state index in [2.05, 4.69) is 0 Å². The fraction of sp³-hybridized carbons (Fsp3) is 0.571. The largest absolute Gasteiger partial charge is 0.460 e. The molecule has 0 rings (SSSR count). The standard InChI is InChI=1S/C7H5F7O/c1-2-3-4(15)5(8,9)6(10,11)7(12,13)14/h2-3H,1H3/b3-2+. The van der Waals surface area contributed by atoms with Crippen LogP contribution in [-0.4, -0.2) is 23.8 Å². The predicted molar refractivity (Wildman–Crippen MR) is 35.8 cm³/mol. The molecule has 88 valence electrons. The van der Waals surface area contributed by atoms with Gasteiger partial charge in [-0.05, 0) is 13.0 Å². The van der Waals surface area contributed by atoms with E-state index >= 15 is 0 Å². The molecule has 0 saturated heterocycles. The van der Waals surface area contributed by atoms with Crippen LogP contribution in [0.1, 0.15) is 6.92 Å². The molecule has 0 atom stereocenters. The van der Waals surface area contributed by atoms with Crippen molar-refractivity contribution in [2.45, 2.75) is 24.9 Å². The molecule has 0 saturated carbocycles. The molecule has 0 amide bonds. The zero-order valence-electron chi connectivity index (χ0n) is 7.21. The lowest BCUT2D eigenvalue weighted by atomic mass is 10.1. The molecular formula is C7H5F7O. The van der Waals surface area contributed by atoms with Crippen LogP contribution < -0.4 is 0 Å². The average molecular weight is 238 g/mol. The van der Waals surface area contributed by atoms with Gasteiger partial charge in [-0.3, -0.25) is 4.79 Å². The number of rotatable bonds is 3. The van der Waals surface area contributed by atoms with Crippen LogP contribution in [0.25, 0.3) is 0 Å². The molecule has 0 aliphatic heterocycles. The lowest BCUT2D eigenvalue weighted by Crippen LogP contribution is -2.55. The summed E-state index contributed by atoms with van der Waals surface area (Å²) in [4.78, 5) is 10.3. The Morgan fingerprint density at radius 1 is 1.00 bits per heavy atom. The van der Waals surface area contributed by atoms with Crippen LogP contribution in [0.2, 0.25) is 0 Å². The third-order valence-electron chi connectivity index (χ3n) is 1.38. The number of hydrogen-bond acceptors (Lipinski definition) is 1. The monoisotopic (exact) mass is 238 g/mol. The number of carbonyl (C=O) groups is 1. The molecule has 0 radical (unpaired) electrons. The first kappa shape index (κ1) is 13.9. The van der Waals surface area contributed by atoms with E-state index in [4.69, 9.17) is 0 Å². The molecule has 0 aromatic heterocycles. The normalized spacial score (nSPS) is 14.7. The Bertz CT molecular complexity index is 276. The second kappa shape index (κ2) is 3.82. The molecule has 0 fully saturated rings. The number of halogens is 7. The van der Waals surface area contributed by atoms with Gasteiger partial charge in [0.15, 0.2) is 0 Å². The highest BCUT2D eigenvalue weighted by molar-refractivity contribution is 5.96. The molecular weight excluding hydrogens is 233 g/mol. The molecule has 1 nitrogen and oxygen atoms in total. The molecule has 0 spiro atoms. The summed E-state index contributed by atoms with van der Waals surface area (Å²) < 4.78 is 83.7. The van der Waals surface area contributed by atoms with Gasteiger partial charge in [-0.25, -0.2) is 0 Å². The quantitative estimate of drug-likeness (QED) is 0.545. The van der Waals surface area contributed by atoms with Crippen LogP contribution >= 0.6 is 0 Å². The summed E-state index contributed by atoms with van der Waals surface area (Å²) >= 11 is 0. The third kappa shape index (κ3) is 2.29. The summed E-state index contributed by atoms with van der Waals surface area (Å²) in [6, 6.07) is 0. The lowest BCUT2D eigenvalue weighted by molar-refractivity contribution is -0.342. The Balaban J connectivity index is 5.28. The Morgan fingerprint density at radius 2 is 1.40 bits per heavy atom. The Labute approximate surface area is 79.6 Å². The first-order valence-corrected chi connectivity index (χ1v) is 3.48. The van der Waals surface area contributed by atoms with Crippen molar-refractivity contribution in [3.63, 3.8) is 0 Å². The highest BCUT2D eigenvalue weighted by Crippen LogP contribution is 2.46. The van der Waals surface area contributed by atoms with Crippen molar-refractivity contribution in [3.05, 3.63) is 12.2 Å². The van der Waals surface area contributed by atoms with Gasteiger partial charge in [-0.15, -0.1) is 0 Å². The van der Waals surface area contributed by atoms with Gasteiger partial charge in [0.1, 0.15) is 0 Å². The van der Waals surface area contributed by atoms with E-state index in [9.17, 15) is 35.5 Å². The van der Waals surface area contributed by atoms with Crippen molar-refractivity contribution >= 4 is 5.78 Å². The molecule has 8 heteroatoms. The maximum absolute atomic E-state index is 12.4. The van der Waals surface area contributed by atoms with Crippen LogP contribution in [0.5, 0.6) is 0 Å². The van der Waals surface area contributed by atoms with Gasteiger partial charge in [0.2, 0.25) is 5.78 Å². The van der Waals surface area contributed by atoms with E-state index in [1.807, 2.05) is 0 Å². The van der Waals surface area contributed by atoms with Gasteiger partial charge in [0.05, 0.1) is 0 Å². The molecule has 0 aromatic carbocycles. The fourth-order valence-electron chi connectivity index (χ4n) is 0.589. The van der Waals surface area contributed by atoms with Crippen LogP contribution in [0, 0.1) is 0 Å². The predicted octanol–water partition coefficient (Wildman–Crippen LogP) is 2.96. The van der Waals surface area contributed by atoms with E-state index in [-0.39, 0.29) is 6.08 Å². The van der Waals surface area contributed by atoms with Gasteiger partial charge in [0.25, 0.3) is 0 Å². The topological polar surface area (TPSA) is 17.1 Å². The van der Waals surface area contributed by atoms with Crippen LogP contribution in [-0.2, 0) is 4.79 Å². The second-order valence-corrected chi connectivity index (χ2v) is 2.51. The number of carbonyl (C=O) groups excluding carboxylic acids is 1. The highest BCUT2D eigenvalue weighted by Gasteiger charge is 2.75. The minimum absolute atomic E-state index is 0.0420. The summed E-state index contributed by atoms with van der Waals surface area (Å²) in [5, 5.41) is 0. The number of hydrogen-bond donors (Lipinski definition) is 0. The molecule has 15 heavy (non-hydrogen) atoms.